The third-order valence-electron chi connectivity index (χ3n) is 3.59. The maximum Gasteiger partial charge on any atom is 0.150 e. The fourth-order valence-corrected chi connectivity index (χ4v) is 2.91. The second kappa shape index (κ2) is 5.04. The molecular weight excluding hydrogens is 282 g/mol. The molecule has 0 radical (unpaired) electrons. The van der Waals surface area contributed by atoms with Crippen molar-refractivity contribution in [2.75, 3.05) is 5.32 Å². The lowest BCUT2D eigenvalue weighted by Gasteiger charge is -2.17. The van der Waals surface area contributed by atoms with Crippen LogP contribution in [0.5, 0.6) is 0 Å². The van der Waals surface area contributed by atoms with Crippen molar-refractivity contribution in [1.82, 2.24) is 0 Å². The summed E-state index contributed by atoms with van der Waals surface area (Å²) < 4.78 is 26.9. The van der Waals surface area contributed by atoms with Crippen LogP contribution in [0.1, 0.15) is 29.6 Å². The average molecular weight is 295 g/mol. The van der Waals surface area contributed by atoms with Gasteiger partial charge < -0.3 is 11.1 Å². The minimum absolute atomic E-state index is 0.0282. The summed E-state index contributed by atoms with van der Waals surface area (Å²) in [6, 6.07) is 9.44. The Morgan fingerprint density at radius 2 is 1.85 bits per heavy atom. The van der Waals surface area contributed by atoms with E-state index in [0.29, 0.717) is 6.42 Å². The van der Waals surface area contributed by atoms with E-state index in [-0.39, 0.29) is 22.8 Å². The van der Waals surface area contributed by atoms with Gasteiger partial charge in [-0.15, -0.1) is 0 Å². The van der Waals surface area contributed by atoms with Crippen LogP contribution in [0.4, 0.5) is 14.5 Å². The molecule has 0 saturated heterocycles. The van der Waals surface area contributed by atoms with Crippen molar-refractivity contribution in [2.24, 2.45) is 5.73 Å². The van der Waals surface area contributed by atoms with Crippen LogP contribution in [-0.2, 0) is 0 Å². The SMILES string of the molecule is NC1CC(Nc2c(F)cc(F)cc2Cl)c2ccccc21. The number of nitrogens with one attached hydrogen (secondary N) is 1. The van der Waals surface area contributed by atoms with Gasteiger partial charge in [-0.3, -0.25) is 0 Å². The first kappa shape index (κ1) is 13.3. The lowest BCUT2D eigenvalue weighted by atomic mass is 10.1. The summed E-state index contributed by atoms with van der Waals surface area (Å²) in [6.07, 6.45) is 0.645. The van der Waals surface area contributed by atoms with E-state index in [0.717, 1.165) is 23.3 Å². The van der Waals surface area contributed by atoms with E-state index in [4.69, 9.17) is 17.3 Å². The van der Waals surface area contributed by atoms with Crippen LogP contribution in [0.2, 0.25) is 5.02 Å². The predicted molar refractivity (Wildman–Crippen MR) is 75.7 cm³/mol. The van der Waals surface area contributed by atoms with E-state index < -0.39 is 11.6 Å². The van der Waals surface area contributed by atoms with E-state index in [9.17, 15) is 8.78 Å². The standard InChI is InChI=1S/C15H13ClF2N2/c16-11-5-8(17)6-12(18)15(11)20-14-7-13(19)9-3-1-2-4-10(9)14/h1-6,13-14,20H,7,19H2. The molecule has 0 heterocycles. The Morgan fingerprint density at radius 3 is 2.55 bits per heavy atom. The number of fused-ring (bicyclic) bond motifs is 1. The maximum atomic E-state index is 13.8. The van der Waals surface area contributed by atoms with Gasteiger partial charge in [-0.05, 0) is 23.6 Å². The summed E-state index contributed by atoms with van der Waals surface area (Å²) >= 11 is 5.90. The molecule has 2 unspecified atom stereocenters. The zero-order valence-electron chi connectivity index (χ0n) is 10.5. The molecule has 2 aromatic rings. The van der Waals surface area contributed by atoms with Gasteiger partial charge in [0, 0.05) is 12.1 Å². The summed E-state index contributed by atoms with van der Waals surface area (Å²) in [5.41, 5.74) is 8.25. The Bertz CT molecular complexity index is 637. The molecule has 2 aromatic carbocycles. The molecule has 0 spiro atoms. The first-order chi connectivity index (χ1) is 9.56. The Kier molecular flexibility index (Phi) is 3.36. The van der Waals surface area contributed by atoms with Gasteiger partial charge in [-0.25, -0.2) is 8.78 Å². The van der Waals surface area contributed by atoms with Crippen molar-refractivity contribution in [1.29, 1.82) is 0 Å². The highest BCUT2D eigenvalue weighted by molar-refractivity contribution is 6.33. The van der Waals surface area contributed by atoms with E-state index >= 15 is 0 Å². The highest BCUT2D eigenvalue weighted by atomic mass is 35.5. The number of hydrogen-bond donors (Lipinski definition) is 2. The molecule has 1 aliphatic carbocycles. The van der Waals surface area contributed by atoms with Gasteiger partial charge in [0.2, 0.25) is 0 Å². The van der Waals surface area contributed by atoms with E-state index in [1.807, 2.05) is 24.3 Å². The van der Waals surface area contributed by atoms with Gasteiger partial charge in [0.1, 0.15) is 5.82 Å². The second-order valence-electron chi connectivity index (χ2n) is 4.91. The van der Waals surface area contributed by atoms with Gasteiger partial charge >= 0.3 is 0 Å². The topological polar surface area (TPSA) is 38.0 Å². The minimum Gasteiger partial charge on any atom is -0.375 e. The first-order valence-corrected chi connectivity index (χ1v) is 6.69. The van der Waals surface area contributed by atoms with Crippen molar-refractivity contribution < 1.29 is 8.78 Å². The summed E-state index contributed by atoms with van der Waals surface area (Å²) in [5, 5.41) is 3.07. The molecule has 0 saturated carbocycles. The molecule has 5 heteroatoms. The van der Waals surface area contributed by atoms with Crippen molar-refractivity contribution in [3.8, 4) is 0 Å². The molecule has 1 aliphatic rings. The van der Waals surface area contributed by atoms with Gasteiger partial charge in [-0.1, -0.05) is 35.9 Å². The number of nitrogens with two attached hydrogens (primary N) is 1. The van der Waals surface area contributed by atoms with Gasteiger partial charge in [0.25, 0.3) is 0 Å². The summed E-state index contributed by atoms with van der Waals surface area (Å²) in [7, 11) is 0. The number of rotatable bonds is 2. The first-order valence-electron chi connectivity index (χ1n) is 6.31. The van der Waals surface area contributed by atoms with Crippen molar-refractivity contribution in [3.05, 3.63) is 64.2 Å². The number of hydrogen-bond acceptors (Lipinski definition) is 2. The van der Waals surface area contributed by atoms with Crippen LogP contribution in [0.15, 0.2) is 36.4 Å². The largest absolute Gasteiger partial charge is 0.375 e. The average Bonchev–Trinajstić information content (AvgIpc) is 2.71. The molecule has 0 bridgehead atoms. The molecule has 2 atom stereocenters. The zero-order chi connectivity index (χ0) is 14.3. The van der Waals surface area contributed by atoms with Gasteiger partial charge in [0.15, 0.2) is 5.82 Å². The van der Waals surface area contributed by atoms with Crippen molar-refractivity contribution >= 4 is 17.3 Å². The second-order valence-corrected chi connectivity index (χ2v) is 5.32. The fraction of sp³-hybridized carbons (Fsp3) is 0.200. The lowest BCUT2D eigenvalue weighted by molar-refractivity contribution is 0.580. The Balaban J connectivity index is 1.94. The van der Waals surface area contributed by atoms with Crippen LogP contribution >= 0.6 is 11.6 Å². The Labute approximate surface area is 120 Å². The number of halogens is 3. The normalized spacial score (nSPS) is 20.8. The molecule has 2 nitrogen and oxygen atoms in total. The van der Waals surface area contributed by atoms with Crippen molar-refractivity contribution in [2.45, 2.75) is 18.5 Å². The summed E-state index contributed by atoms with van der Waals surface area (Å²) in [4.78, 5) is 0. The van der Waals surface area contributed by atoms with Gasteiger partial charge in [0.05, 0.1) is 16.8 Å². The van der Waals surface area contributed by atoms with Gasteiger partial charge in [-0.2, -0.15) is 0 Å². The van der Waals surface area contributed by atoms with Crippen LogP contribution in [0, 0.1) is 11.6 Å². The highest BCUT2D eigenvalue weighted by Crippen LogP contribution is 2.40. The Hall–Kier alpha value is -1.65. The molecule has 104 valence electrons. The highest BCUT2D eigenvalue weighted by Gasteiger charge is 2.29. The van der Waals surface area contributed by atoms with E-state index in [1.165, 1.54) is 0 Å². The van der Waals surface area contributed by atoms with Crippen molar-refractivity contribution in [3.63, 3.8) is 0 Å². The fourth-order valence-electron chi connectivity index (χ4n) is 2.66. The molecule has 20 heavy (non-hydrogen) atoms. The Morgan fingerprint density at radius 1 is 1.15 bits per heavy atom. The number of benzene rings is 2. The zero-order valence-corrected chi connectivity index (χ0v) is 11.3. The molecule has 0 aliphatic heterocycles. The smallest absolute Gasteiger partial charge is 0.150 e. The summed E-state index contributed by atoms with van der Waals surface area (Å²) in [6.45, 7) is 0. The molecule has 3 rings (SSSR count). The summed E-state index contributed by atoms with van der Waals surface area (Å²) in [5.74, 6) is -1.39. The predicted octanol–water partition coefficient (Wildman–Crippen LogP) is 4.17. The molecule has 0 amide bonds. The quantitative estimate of drug-likeness (QED) is 0.872. The molecule has 0 fully saturated rings. The minimum atomic E-state index is -0.701. The van der Waals surface area contributed by atoms with Crippen LogP contribution < -0.4 is 11.1 Å². The lowest BCUT2D eigenvalue weighted by Crippen LogP contribution is -2.11. The maximum absolute atomic E-state index is 13.8. The van der Waals surface area contributed by atoms with E-state index in [1.54, 1.807) is 0 Å². The van der Waals surface area contributed by atoms with E-state index in [2.05, 4.69) is 5.32 Å². The number of anilines is 1. The third-order valence-corrected chi connectivity index (χ3v) is 3.88. The molecular formula is C15H13ClF2N2. The van der Waals surface area contributed by atoms with Crippen LogP contribution in [0.3, 0.4) is 0 Å². The monoisotopic (exact) mass is 294 g/mol. The van der Waals surface area contributed by atoms with Crippen LogP contribution in [-0.4, -0.2) is 0 Å². The van der Waals surface area contributed by atoms with Crippen LogP contribution in [0.25, 0.3) is 0 Å². The molecule has 0 aromatic heterocycles. The molecule has 3 N–H and O–H groups in total. The third kappa shape index (κ3) is 2.25.